The van der Waals surface area contributed by atoms with Crippen LogP contribution in [0.2, 0.25) is 0 Å². The molecule has 5 nitrogen and oxygen atoms in total. The largest absolute Gasteiger partial charge is 0.339 e. The van der Waals surface area contributed by atoms with Gasteiger partial charge in [0, 0.05) is 25.5 Å². The van der Waals surface area contributed by atoms with Gasteiger partial charge in [-0.15, -0.1) is 0 Å². The number of nitrogens with zero attached hydrogens (tertiary/aromatic N) is 3. The normalized spacial score (nSPS) is 20.2. The van der Waals surface area contributed by atoms with E-state index in [9.17, 15) is 8.42 Å². The van der Waals surface area contributed by atoms with Crippen LogP contribution < -0.4 is 4.90 Å². The highest BCUT2D eigenvalue weighted by Gasteiger charge is 2.22. The zero-order valence-corrected chi connectivity index (χ0v) is 9.37. The molecule has 1 saturated heterocycles. The van der Waals surface area contributed by atoms with Crippen molar-refractivity contribution in [3.63, 3.8) is 0 Å². The summed E-state index contributed by atoms with van der Waals surface area (Å²) in [5.74, 6) is 1.02. The van der Waals surface area contributed by atoms with Gasteiger partial charge >= 0.3 is 0 Å². The molecular formula is C9H13N3O2S. The van der Waals surface area contributed by atoms with E-state index in [0.717, 1.165) is 5.56 Å². The van der Waals surface area contributed by atoms with E-state index in [1.807, 2.05) is 11.8 Å². The first kappa shape index (κ1) is 10.4. The highest BCUT2D eigenvalue weighted by Crippen LogP contribution is 2.11. The predicted octanol–water partition coefficient (Wildman–Crippen LogP) is 0.0198. The van der Waals surface area contributed by atoms with Crippen molar-refractivity contribution in [3.8, 4) is 0 Å². The Hall–Kier alpha value is -1.17. The van der Waals surface area contributed by atoms with Crippen LogP contribution in [0.5, 0.6) is 0 Å². The highest BCUT2D eigenvalue weighted by molar-refractivity contribution is 7.91. The molecule has 15 heavy (non-hydrogen) atoms. The van der Waals surface area contributed by atoms with Crippen molar-refractivity contribution in [1.29, 1.82) is 0 Å². The van der Waals surface area contributed by atoms with E-state index in [-0.39, 0.29) is 11.5 Å². The molecule has 1 fully saturated rings. The fraction of sp³-hybridized carbons (Fsp3) is 0.556. The molecule has 0 spiro atoms. The Kier molecular flexibility index (Phi) is 2.60. The quantitative estimate of drug-likeness (QED) is 0.677. The maximum absolute atomic E-state index is 11.2. The second-order valence-corrected chi connectivity index (χ2v) is 6.00. The molecule has 0 aliphatic carbocycles. The van der Waals surface area contributed by atoms with Crippen LogP contribution >= 0.6 is 0 Å². The van der Waals surface area contributed by atoms with Gasteiger partial charge in [-0.2, -0.15) is 0 Å². The molecule has 6 heteroatoms. The van der Waals surface area contributed by atoms with Gasteiger partial charge in [0.15, 0.2) is 9.84 Å². The smallest absolute Gasteiger partial charge is 0.225 e. The Morgan fingerprint density at radius 1 is 1.20 bits per heavy atom. The van der Waals surface area contributed by atoms with Crippen molar-refractivity contribution >= 4 is 15.8 Å². The lowest BCUT2D eigenvalue weighted by molar-refractivity contribution is 0.585. The van der Waals surface area contributed by atoms with Gasteiger partial charge in [0.25, 0.3) is 0 Å². The summed E-state index contributed by atoms with van der Waals surface area (Å²) in [6, 6.07) is 0. The molecule has 0 saturated carbocycles. The fourth-order valence-electron chi connectivity index (χ4n) is 1.46. The van der Waals surface area contributed by atoms with Crippen LogP contribution in [-0.2, 0) is 9.84 Å². The first-order valence-electron chi connectivity index (χ1n) is 4.81. The van der Waals surface area contributed by atoms with E-state index in [0.29, 0.717) is 19.0 Å². The lowest BCUT2D eigenvalue weighted by Gasteiger charge is -2.26. The van der Waals surface area contributed by atoms with Crippen LogP contribution in [0.15, 0.2) is 12.4 Å². The molecule has 2 heterocycles. The summed E-state index contributed by atoms with van der Waals surface area (Å²) in [5.41, 5.74) is 1.00. The Morgan fingerprint density at radius 2 is 1.73 bits per heavy atom. The lowest BCUT2D eigenvalue weighted by Crippen LogP contribution is -2.41. The minimum Gasteiger partial charge on any atom is -0.339 e. The third-order valence-electron chi connectivity index (χ3n) is 2.39. The Labute approximate surface area is 89.1 Å². The minimum absolute atomic E-state index is 0.199. The molecule has 1 aromatic rings. The Balaban J connectivity index is 2.11. The number of rotatable bonds is 1. The van der Waals surface area contributed by atoms with Crippen molar-refractivity contribution in [2.24, 2.45) is 0 Å². The minimum atomic E-state index is -2.83. The van der Waals surface area contributed by atoms with Crippen molar-refractivity contribution in [2.45, 2.75) is 6.92 Å². The van der Waals surface area contributed by atoms with E-state index >= 15 is 0 Å². The lowest BCUT2D eigenvalue weighted by atomic mass is 10.4. The van der Waals surface area contributed by atoms with Crippen LogP contribution in [-0.4, -0.2) is 43.0 Å². The van der Waals surface area contributed by atoms with Gasteiger partial charge in [0.1, 0.15) is 0 Å². The summed E-state index contributed by atoms with van der Waals surface area (Å²) in [6.45, 7) is 2.90. The second kappa shape index (κ2) is 3.77. The fourth-order valence-corrected chi connectivity index (χ4v) is 2.66. The molecule has 0 aromatic carbocycles. The molecule has 0 amide bonds. The standard InChI is InChI=1S/C9H13N3O2S/c1-8-6-10-9(11-7-8)12-2-4-15(13,14)5-3-12/h6-7H,2-5H2,1H3. The summed E-state index contributed by atoms with van der Waals surface area (Å²) >= 11 is 0. The number of aromatic nitrogens is 2. The van der Waals surface area contributed by atoms with Gasteiger partial charge in [0.2, 0.25) is 5.95 Å². The van der Waals surface area contributed by atoms with Crippen molar-refractivity contribution < 1.29 is 8.42 Å². The van der Waals surface area contributed by atoms with Crippen LogP contribution in [0.4, 0.5) is 5.95 Å². The molecule has 0 bridgehead atoms. The number of sulfone groups is 1. The highest BCUT2D eigenvalue weighted by atomic mass is 32.2. The van der Waals surface area contributed by atoms with E-state index < -0.39 is 9.84 Å². The zero-order chi connectivity index (χ0) is 10.9. The summed E-state index contributed by atoms with van der Waals surface area (Å²) < 4.78 is 22.4. The first-order chi connectivity index (χ1) is 7.07. The third kappa shape index (κ3) is 2.44. The van der Waals surface area contributed by atoms with E-state index in [2.05, 4.69) is 9.97 Å². The molecule has 0 atom stereocenters. The Morgan fingerprint density at radius 3 is 2.27 bits per heavy atom. The van der Waals surface area contributed by atoms with Gasteiger partial charge in [-0.1, -0.05) is 0 Å². The average Bonchev–Trinajstić information content (AvgIpc) is 2.20. The summed E-state index contributed by atoms with van der Waals surface area (Å²) in [7, 11) is -2.83. The molecule has 0 N–H and O–H groups in total. The van der Waals surface area contributed by atoms with Gasteiger partial charge in [0.05, 0.1) is 11.5 Å². The van der Waals surface area contributed by atoms with Crippen molar-refractivity contribution in [2.75, 3.05) is 29.5 Å². The van der Waals surface area contributed by atoms with Crippen LogP contribution in [0.1, 0.15) is 5.56 Å². The maximum atomic E-state index is 11.2. The summed E-state index contributed by atoms with van der Waals surface area (Å²) in [6.07, 6.45) is 3.48. The predicted molar refractivity (Wildman–Crippen MR) is 57.6 cm³/mol. The Bertz CT molecular complexity index is 427. The summed E-state index contributed by atoms with van der Waals surface area (Å²) in [5, 5.41) is 0. The van der Waals surface area contributed by atoms with E-state index in [1.54, 1.807) is 12.4 Å². The topological polar surface area (TPSA) is 63.2 Å². The van der Waals surface area contributed by atoms with Gasteiger partial charge < -0.3 is 4.90 Å². The van der Waals surface area contributed by atoms with Gasteiger partial charge in [-0.3, -0.25) is 0 Å². The molecule has 82 valence electrons. The van der Waals surface area contributed by atoms with Crippen LogP contribution in [0.25, 0.3) is 0 Å². The SMILES string of the molecule is Cc1cnc(N2CCS(=O)(=O)CC2)nc1. The second-order valence-electron chi connectivity index (χ2n) is 3.70. The zero-order valence-electron chi connectivity index (χ0n) is 8.55. The van der Waals surface area contributed by atoms with Crippen molar-refractivity contribution in [3.05, 3.63) is 18.0 Å². The van der Waals surface area contributed by atoms with E-state index in [4.69, 9.17) is 0 Å². The summed E-state index contributed by atoms with van der Waals surface area (Å²) in [4.78, 5) is 10.2. The van der Waals surface area contributed by atoms with Gasteiger partial charge in [-0.25, -0.2) is 18.4 Å². The number of anilines is 1. The molecule has 0 unspecified atom stereocenters. The molecule has 1 aromatic heterocycles. The molecule has 2 rings (SSSR count). The third-order valence-corrected chi connectivity index (χ3v) is 4.00. The average molecular weight is 227 g/mol. The van der Waals surface area contributed by atoms with Crippen LogP contribution in [0, 0.1) is 6.92 Å². The van der Waals surface area contributed by atoms with E-state index in [1.165, 1.54) is 0 Å². The number of hydrogen-bond donors (Lipinski definition) is 0. The molecule has 1 aliphatic rings. The molecule has 1 aliphatic heterocycles. The molecular weight excluding hydrogens is 214 g/mol. The number of hydrogen-bond acceptors (Lipinski definition) is 5. The number of aryl methyl sites for hydroxylation is 1. The molecule has 0 radical (unpaired) electrons. The maximum Gasteiger partial charge on any atom is 0.225 e. The monoisotopic (exact) mass is 227 g/mol. The van der Waals surface area contributed by atoms with Gasteiger partial charge in [-0.05, 0) is 12.5 Å². The van der Waals surface area contributed by atoms with Crippen molar-refractivity contribution in [1.82, 2.24) is 9.97 Å². The first-order valence-corrected chi connectivity index (χ1v) is 6.63. The van der Waals surface area contributed by atoms with Crippen LogP contribution in [0.3, 0.4) is 0 Å².